The minimum atomic E-state index is -1.07. The zero-order valence-electron chi connectivity index (χ0n) is 7.43. The van der Waals surface area contributed by atoms with Gasteiger partial charge in [0.1, 0.15) is 5.52 Å². The number of hydrogen-bond acceptors (Lipinski definition) is 4. The summed E-state index contributed by atoms with van der Waals surface area (Å²) in [6, 6.07) is 1.75. The van der Waals surface area contributed by atoms with E-state index in [2.05, 4.69) is 15.4 Å². The highest BCUT2D eigenvalue weighted by Gasteiger charge is 2.10. The van der Waals surface area contributed by atoms with Crippen molar-refractivity contribution in [2.75, 3.05) is 12.4 Å². The highest BCUT2D eigenvalue weighted by molar-refractivity contribution is 5.86. The van der Waals surface area contributed by atoms with Crippen molar-refractivity contribution < 1.29 is 9.90 Å². The van der Waals surface area contributed by atoms with Gasteiger partial charge in [0, 0.05) is 7.05 Å². The smallest absolute Gasteiger partial charge is 0.356 e. The fourth-order valence-electron chi connectivity index (χ4n) is 1.21. The van der Waals surface area contributed by atoms with Crippen LogP contribution in [0.5, 0.6) is 0 Å². The lowest BCUT2D eigenvalue weighted by Gasteiger charge is -2.03. The molecule has 6 nitrogen and oxygen atoms in total. The number of hydrogen-bond donors (Lipinski definition) is 2. The maximum Gasteiger partial charge on any atom is 0.356 e. The lowest BCUT2D eigenvalue weighted by Crippen LogP contribution is -2.06. The topological polar surface area (TPSA) is 79.5 Å². The van der Waals surface area contributed by atoms with Crippen LogP contribution in [0.3, 0.4) is 0 Å². The highest BCUT2D eigenvalue weighted by Crippen LogP contribution is 2.13. The average Bonchev–Trinajstić information content (AvgIpc) is 2.63. The maximum atomic E-state index is 10.7. The summed E-state index contributed by atoms with van der Waals surface area (Å²) in [7, 11) is 1.68. The Morgan fingerprint density at radius 2 is 2.43 bits per heavy atom. The molecule has 0 saturated heterocycles. The van der Waals surface area contributed by atoms with Crippen LogP contribution in [0.2, 0.25) is 0 Å². The number of carboxylic acids is 1. The number of anilines is 1. The van der Waals surface area contributed by atoms with Crippen molar-refractivity contribution in [2.45, 2.75) is 0 Å². The van der Waals surface area contributed by atoms with Gasteiger partial charge in [-0.15, -0.1) is 0 Å². The largest absolute Gasteiger partial charge is 0.476 e. The minimum absolute atomic E-state index is 0.0365. The third-order valence-corrected chi connectivity index (χ3v) is 1.85. The molecule has 0 aliphatic rings. The second-order valence-electron chi connectivity index (χ2n) is 2.69. The lowest BCUT2D eigenvalue weighted by molar-refractivity contribution is 0.0690. The number of rotatable bonds is 2. The molecule has 0 aliphatic carbocycles. The van der Waals surface area contributed by atoms with Crippen LogP contribution >= 0.6 is 0 Å². The molecule has 0 radical (unpaired) electrons. The Morgan fingerprint density at radius 1 is 1.64 bits per heavy atom. The molecule has 2 aromatic rings. The monoisotopic (exact) mass is 192 g/mol. The molecule has 0 spiro atoms. The van der Waals surface area contributed by atoms with Crippen LogP contribution in [0.15, 0.2) is 18.5 Å². The van der Waals surface area contributed by atoms with Gasteiger partial charge in [0.25, 0.3) is 0 Å². The van der Waals surface area contributed by atoms with Crippen LogP contribution in [-0.4, -0.2) is 32.7 Å². The van der Waals surface area contributed by atoms with E-state index >= 15 is 0 Å². The molecule has 2 aromatic heterocycles. The van der Waals surface area contributed by atoms with E-state index in [1.165, 1.54) is 10.7 Å². The van der Waals surface area contributed by atoms with Crippen LogP contribution in [0.4, 0.5) is 5.82 Å². The molecule has 0 amide bonds. The van der Waals surface area contributed by atoms with Gasteiger partial charge >= 0.3 is 5.97 Å². The van der Waals surface area contributed by atoms with E-state index in [9.17, 15) is 4.79 Å². The zero-order chi connectivity index (χ0) is 10.1. The van der Waals surface area contributed by atoms with E-state index in [1.807, 2.05) is 0 Å². The third-order valence-electron chi connectivity index (χ3n) is 1.85. The van der Waals surface area contributed by atoms with Crippen molar-refractivity contribution in [2.24, 2.45) is 0 Å². The summed E-state index contributed by atoms with van der Waals surface area (Å²) in [5.41, 5.74) is 0.711. The Bertz CT molecular complexity index is 491. The number of carbonyl (C=O) groups is 1. The summed E-state index contributed by atoms with van der Waals surface area (Å²) >= 11 is 0. The SMILES string of the molecule is CNc1nc(C(=O)O)cn2nccc12. The van der Waals surface area contributed by atoms with Crippen molar-refractivity contribution in [3.8, 4) is 0 Å². The Labute approximate surface area is 79.2 Å². The Morgan fingerprint density at radius 3 is 3.07 bits per heavy atom. The molecule has 2 N–H and O–H groups in total. The standard InChI is InChI=1S/C8H8N4O2/c1-9-7-6-2-3-10-12(6)4-5(11-7)8(13)14/h2-4H,1H3,(H,9,11)(H,13,14). The molecule has 14 heavy (non-hydrogen) atoms. The lowest BCUT2D eigenvalue weighted by atomic mass is 10.4. The quantitative estimate of drug-likeness (QED) is 0.723. The van der Waals surface area contributed by atoms with Crippen LogP contribution in [0.1, 0.15) is 10.5 Å². The second-order valence-corrected chi connectivity index (χ2v) is 2.69. The second kappa shape index (κ2) is 2.99. The van der Waals surface area contributed by atoms with Gasteiger partial charge in [-0.25, -0.2) is 14.3 Å². The van der Waals surface area contributed by atoms with E-state index in [0.29, 0.717) is 5.82 Å². The normalized spacial score (nSPS) is 10.4. The summed E-state index contributed by atoms with van der Waals surface area (Å²) in [5, 5.41) is 15.5. The molecular weight excluding hydrogens is 184 g/mol. The van der Waals surface area contributed by atoms with Gasteiger partial charge in [-0.2, -0.15) is 5.10 Å². The fraction of sp³-hybridized carbons (Fsp3) is 0.125. The summed E-state index contributed by atoms with van der Waals surface area (Å²) in [5.74, 6) is -0.568. The molecule has 0 unspecified atom stereocenters. The third kappa shape index (κ3) is 1.17. The van der Waals surface area contributed by atoms with Gasteiger partial charge < -0.3 is 10.4 Å². The predicted molar refractivity (Wildman–Crippen MR) is 49.5 cm³/mol. The molecular formula is C8H8N4O2. The summed E-state index contributed by atoms with van der Waals surface area (Å²) in [6.07, 6.45) is 2.96. The first-order valence-electron chi connectivity index (χ1n) is 3.98. The van der Waals surface area contributed by atoms with E-state index < -0.39 is 5.97 Å². The van der Waals surface area contributed by atoms with Gasteiger partial charge in [0.05, 0.1) is 12.4 Å². The molecule has 2 rings (SSSR count). The molecule has 0 aromatic carbocycles. The van der Waals surface area contributed by atoms with Crippen LogP contribution in [-0.2, 0) is 0 Å². The highest BCUT2D eigenvalue weighted by atomic mass is 16.4. The number of carboxylic acid groups (broad SMARTS) is 1. The Hall–Kier alpha value is -2.11. The molecule has 2 heterocycles. The Balaban J connectivity index is 2.73. The first-order valence-corrected chi connectivity index (χ1v) is 3.98. The van der Waals surface area contributed by atoms with Crippen molar-refractivity contribution in [3.63, 3.8) is 0 Å². The van der Waals surface area contributed by atoms with Crippen LogP contribution in [0, 0.1) is 0 Å². The predicted octanol–water partition coefficient (Wildman–Crippen LogP) is 0.469. The number of fused-ring (bicyclic) bond motifs is 1. The number of nitrogens with one attached hydrogen (secondary N) is 1. The molecule has 72 valence electrons. The van der Waals surface area contributed by atoms with Crippen molar-refractivity contribution in [1.29, 1.82) is 0 Å². The van der Waals surface area contributed by atoms with Crippen molar-refractivity contribution >= 4 is 17.3 Å². The molecule has 6 heteroatoms. The first kappa shape index (κ1) is 8.49. The van der Waals surface area contributed by atoms with Gasteiger partial charge in [0.15, 0.2) is 11.5 Å². The summed E-state index contributed by atoms with van der Waals surface area (Å²) in [6.45, 7) is 0. The average molecular weight is 192 g/mol. The molecule has 0 aliphatic heterocycles. The zero-order valence-corrected chi connectivity index (χ0v) is 7.43. The number of aromatic carboxylic acids is 1. The summed E-state index contributed by atoms with van der Waals surface area (Å²) < 4.78 is 1.47. The van der Waals surface area contributed by atoms with Gasteiger partial charge in [-0.3, -0.25) is 0 Å². The van der Waals surface area contributed by atoms with Crippen molar-refractivity contribution in [1.82, 2.24) is 14.6 Å². The van der Waals surface area contributed by atoms with E-state index in [4.69, 9.17) is 5.11 Å². The summed E-state index contributed by atoms with van der Waals surface area (Å²) in [4.78, 5) is 14.6. The van der Waals surface area contributed by atoms with E-state index in [1.54, 1.807) is 19.3 Å². The number of nitrogens with zero attached hydrogens (tertiary/aromatic N) is 3. The van der Waals surface area contributed by atoms with Crippen LogP contribution in [0.25, 0.3) is 5.52 Å². The van der Waals surface area contributed by atoms with Gasteiger partial charge in [-0.05, 0) is 6.07 Å². The minimum Gasteiger partial charge on any atom is -0.476 e. The fourth-order valence-corrected chi connectivity index (χ4v) is 1.21. The van der Waals surface area contributed by atoms with Crippen molar-refractivity contribution in [3.05, 3.63) is 24.2 Å². The van der Waals surface area contributed by atoms with Gasteiger partial charge in [0.2, 0.25) is 0 Å². The Kier molecular flexibility index (Phi) is 1.81. The number of aromatic nitrogens is 3. The molecule has 0 fully saturated rings. The molecule has 0 atom stereocenters. The van der Waals surface area contributed by atoms with Gasteiger partial charge in [-0.1, -0.05) is 0 Å². The maximum absolute atomic E-state index is 10.7. The van der Waals surface area contributed by atoms with E-state index in [0.717, 1.165) is 5.52 Å². The van der Waals surface area contributed by atoms with E-state index in [-0.39, 0.29) is 5.69 Å². The molecule has 0 saturated carbocycles. The van der Waals surface area contributed by atoms with Crippen LogP contribution < -0.4 is 5.32 Å². The molecule has 0 bridgehead atoms. The first-order chi connectivity index (χ1) is 6.72.